The maximum Gasteiger partial charge on any atom is 0.224 e. The lowest BCUT2D eigenvalue weighted by molar-refractivity contribution is -0.121. The third-order valence-corrected chi connectivity index (χ3v) is 6.28. The number of alkyl halides is 1. The van der Waals surface area contributed by atoms with Gasteiger partial charge in [0.05, 0.1) is 24.9 Å². The lowest BCUT2D eigenvalue weighted by Crippen LogP contribution is -2.34. The van der Waals surface area contributed by atoms with Crippen LogP contribution in [0, 0.1) is 5.92 Å². The summed E-state index contributed by atoms with van der Waals surface area (Å²) < 4.78 is 5.71. The van der Waals surface area contributed by atoms with Crippen molar-refractivity contribution >= 4 is 23.2 Å². The summed E-state index contributed by atoms with van der Waals surface area (Å²) in [5.74, 6) is 1.67. The maximum absolute atomic E-state index is 13.1. The molecule has 0 bridgehead atoms. The molecule has 1 amide bonds. The van der Waals surface area contributed by atoms with Gasteiger partial charge in [-0.2, -0.15) is 0 Å². The SMILES string of the molecule is CCOc1cc(CC(=O)NC(CC(C)C)c2ccccc2N2CCCCC2)ccc1CCl. The number of rotatable bonds is 10. The predicted molar refractivity (Wildman–Crippen MR) is 134 cm³/mol. The summed E-state index contributed by atoms with van der Waals surface area (Å²) in [7, 11) is 0. The minimum atomic E-state index is -0.00546. The van der Waals surface area contributed by atoms with Crippen LogP contribution < -0.4 is 15.0 Å². The van der Waals surface area contributed by atoms with Gasteiger partial charge in [-0.1, -0.05) is 44.2 Å². The molecular weight excluding hydrogens is 420 g/mol. The van der Waals surface area contributed by atoms with E-state index in [-0.39, 0.29) is 11.9 Å². The Morgan fingerprint density at radius 3 is 2.56 bits per heavy atom. The molecule has 1 atom stereocenters. The lowest BCUT2D eigenvalue weighted by Gasteiger charge is -2.33. The zero-order valence-corrected chi connectivity index (χ0v) is 20.5. The molecule has 1 aliphatic rings. The second kappa shape index (κ2) is 12.2. The average molecular weight is 457 g/mol. The van der Waals surface area contributed by atoms with E-state index >= 15 is 0 Å². The van der Waals surface area contributed by atoms with Crippen molar-refractivity contribution in [3.8, 4) is 5.75 Å². The number of benzene rings is 2. The van der Waals surface area contributed by atoms with E-state index in [9.17, 15) is 4.79 Å². The van der Waals surface area contributed by atoms with E-state index in [0.717, 1.165) is 36.4 Å². The summed E-state index contributed by atoms with van der Waals surface area (Å²) in [6, 6.07) is 14.4. The van der Waals surface area contributed by atoms with Crippen LogP contribution in [0.2, 0.25) is 0 Å². The first-order chi connectivity index (χ1) is 15.5. The molecule has 1 aliphatic heterocycles. The van der Waals surface area contributed by atoms with Crippen molar-refractivity contribution in [2.45, 2.75) is 64.8 Å². The number of nitrogens with zero attached hydrogens (tertiary/aromatic N) is 1. The van der Waals surface area contributed by atoms with Crippen molar-refractivity contribution in [1.29, 1.82) is 0 Å². The molecule has 2 aromatic rings. The average Bonchev–Trinajstić information content (AvgIpc) is 2.79. The molecule has 5 heteroatoms. The molecule has 0 spiro atoms. The third kappa shape index (κ3) is 6.65. The van der Waals surface area contributed by atoms with Gasteiger partial charge in [0.25, 0.3) is 0 Å². The van der Waals surface area contributed by atoms with E-state index in [4.69, 9.17) is 16.3 Å². The molecule has 174 valence electrons. The molecule has 2 aromatic carbocycles. The summed E-state index contributed by atoms with van der Waals surface area (Å²) >= 11 is 6.03. The van der Waals surface area contributed by atoms with E-state index in [1.165, 1.54) is 30.5 Å². The van der Waals surface area contributed by atoms with Crippen LogP contribution in [0.3, 0.4) is 0 Å². The van der Waals surface area contributed by atoms with Crippen LogP contribution in [-0.4, -0.2) is 25.6 Å². The number of hydrogen-bond donors (Lipinski definition) is 1. The quantitative estimate of drug-likeness (QED) is 0.429. The highest BCUT2D eigenvalue weighted by Crippen LogP contribution is 2.32. The molecule has 3 rings (SSSR count). The largest absolute Gasteiger partial charge is 0.494 e. The van der Waals surface area contributed by atoms with Crippen molar-refractivity contribution in [3.05, 3.63) is 59.2 Å². The monoisotopic (exact) mass is 456 g/mol. The standard InChI is InChI=1S/C27H37ClN2O2/c1-4-32-26-17-21(12-13-22(26)19-28)18-27(31)29-24(16-20(2)3)23-10-6-7-11-25(23)30-14-8-5-9-15-30/h6-7,10-13,17,20,24H,4-5,8-9,14-16,18-19H2,1-3H3,(H,29,31). The molecule has 32 heavy (non-hydrogen) atoms. The summed E-state index contributed by atoms with van der Waals surface area (Å²) in [6.07, 6.45) is 5.00. The first kappa shape index (κ1) is 24.4. The number of ether oxygens (including phenoxy) is 1. The summed E-state index contributed by atoms with van der Waals surface area (Å²) in [5.41, 5.74) is 4.38. The van der Waals surface area contributed by atoms with Gasteiger partial charge in [0.15, 0.2) is 0 Å². The van der Waals surface area contributed by atoms with Crippen LogP contribution in [0.25, 0.3) is 0 Å². The number of halogens is 1. The van der Waals surface area contributed by atoms with Crippen molar-refractivity contribution < 1.29 is 9.53 Å². The number of para-hydroxylation sites is 1. The first-order valence-electron chi connectivity index (χ1n) is 12.0. The lowest BCUT2D eigenvalue weighted by atomic mass is 9.94. The minimum absolute atomic E-state index is 0.00546. The van der Waals surface area contributed by atoms with Crippen LogP contribution in [0.15, 0.2) is 42.5 Å². The van der Waals surface area contributed by atoms with Crippen molar-refractivity contribution in [3.63, 3.8) is 0 Å². The highest BCUT2D eigenvalue weighted by atomic mass is 35.5. The Balaban J connectivity index is 1.78. The molecule has 1 unspecified atom stereocenters. The van der Waals surface area contributed by atoms with E-state index in [0.29, 0.717) is 24.8 Å². The van der Waals surface area contributed by atoms with Crippen LogP contribution in [0.5, 0.6) is 5.75 Å². The minimum Gasteiger partial charge on any atom is -0.494 e. The predicted octanol–water partition coefficient (Wildman–Crippen LogP) is 6.26. The molecule has 1 fully saturated rings. The number of amides is 1. The molecule has 0 radical (unpaired) electrons. The molecule has 1 heterocycles. The highest BCUT2D eigenvalue weighted by molar-refractivity contribution is 6.17. The van der Waals surface area contributed by atoms with Crippen molar-refractivity contribution in [1.82, 2.24) is 5.32 Å². The van der Waals surface area contributed by atoms with E-state index in [2.05, 4.69) is 48.3 Å². The Morgan fingerprint density at radius 1 is 1.12 bits per heavy atom. The van der Waals surface area contributed by atoms with Crippen LogP contribution >= 0.6 is 11.6 Å². The van der Waals surface area contributed by atoms with Gasteiger partial charge in [-0.25, -0.2) is 0 Å². The van der Waals surface area contributed by atoms with E-state index in [1.807, 2.05) is 25.1 Å². The molecule has 0 saturated carbocycles. The number of piperidine rings is 1. The molecule has 0 aliphatic carbocycles. The van der Waals surface area contributed by atoms with Crippen LogP contribution in [-0.2, 0) is 17.1 Å². The zero-order valence-electron chi connectivity index (χ0n) is 19.7. The summed E-state index contributed by atoms with van der Waals surface area (Å²) in [6.45, 7) is 9.12. The fourth-order valence-electron chi connectivity index (χ4n) is 4.48. The van der Waals surface area contributed by atoms with Gasteiger partial charge in [-0.3, -0.25) is 4.79 Å². The smallest absolute Gasteiger partial charge is 0.224 e. The Morgan fingerprint density at radius 2 is 1.88 bits per heavy atom. The Bertz CT molecular complexity index is 878. The normalized spacial score (nSPS) is 15.0. The van der Waals surface area contributed by atoms with Gasteiger partial charge < -0.3 is 15.0 Å². The van der Waals surface area contributed by atoms with Crippen molar-refractivity contribution in [2.24, 2.45) is 5.92 Å². The van der Waals surface area contributed by atoms with E-state index in [1.54, 1.807) is 0 Å². The Kier molecular flexibility index (Phi) is 9.28. The first-order valence-corrected chi connectivity index (χ1v) is 12.5. The summed E-state index contributed by atoms with van der Waals surface area (Å²) in [5, 5.41) is 3.34. The van der Waals surface area contributed by atoms with Gasteiger partial charge in [-0.05, 0) is 61.8 Å². The second-order valence-electron chi connectivity index (χ2n) is 9.04. The number of carbonyl (C=O) groups is 1. The van der Waals surface area contributed by atoms with Crippen LogP contribution in [0.4, 0.5) is 5.69 Å². The molecular formula is C27H37ClN2O2. The van der Waals surface area contributed by atoms with Gasteiger partial charge in [0.1, 0.15) is 5.75 Å². The molecule has 1 saturated heterocycles. The van der Waals surface area contributed by atoms with Gasteiger partial charge in [0.2, 0.25) is 5.91 Å². The van der Waals surface area contributed by atoms with Gasteiger partial charge in [-0.15, -0.1) is 11.6 Å². The maximum atomic E-state index is 13.1. The molecule has 4 nitrogen and oxygen atoms in total. The Hall–Kier alpha value is -2.20. The molecule has 0 aromatic heterocycles. The van der Waals surface area contributed by atoms with Gasteiger partial charge >= 0.3 is 0 Å². The highest BCUT2D eigenvalue weighted by Gasteiger charge is 2.22. The number of anilines is 1. The van der Waals surface area contributed by atoms with Gasteiger partial charge in [0, 0.05) is 24.3 Å². The second-order valence-corrected chi connectivity index (χ2v) is 9.31. The van der Waals surface area contributed by atoms with E-state index < -0.39 is 0 Å². The topological polar surface area (TPSA) is 41.6 Å². The fourth-order valence-corrected chi connectivity index (χ4v) is 4.70. The molecule has 1 N–H and O–H groups in total. The number of nitrogens with one attached hydrogen (secondary N) is 1. The number of carbonyl (C=O) groups excluding carboxylic acids is 1. The third-order valence-electron chi connectivity index (χ3n) is 5.99. The van der Waals surface area contributed by atoms with Crippen molar-refractivity contribution in [2.75, 3.05) is 24.6 Å². The van der Waals surface area contributed by atoms with Crippen LogP contribution in [0.1, 0.15) is 69.2 Å². The Labute approximate surface area is 198 Å². The zero-order chi connectivity index (χ0) is 22.9. The number of hydrogen-bond acceptors (Lipinski definition) is 3. The fraction of sp³-hybridized carbons (Fsp3) is 0.519. The summed E-state index contributed by atoms with van der Waals surface area (Å²) in [4.78, 5) is 15.6.